The van der Waals surface area contributed by atoms with E-state index in [1.807, 2.05) is 0 Å². The van der Waals surface area contributed by atoms with Crippen molar-refractivity contribution in [2.75, 3.05) is 6.67 Å². The van der Waals surface area contributed by atoms with Gasteiger partial charge in [0.1, 0.15) is 6.67 Å². The molecule has 0 aliphatic rings. The molecule has 0 fully saturated rings. The molecule has 0 rings (SSSR count). The Balaban J connectivity index is 3.58. The molecule has 0 aromatic rings. The summed E-state index contributed by atoms with van der Waals surface area (Å²) in [5.74, 6) is 0. The second-order valence-corrected chi connectivity index (χ2v) is 1.39. The van der Waals surface area contributed by atoms with E-state index >= 15 is 0 Å². The first-order chi connectivity index (χ1) is 3.18. The molecule has 0 spiro atoms. The molecule has 1 nitrogen and oxygen atoms in total. The van der Waals surface area contributed by atoms with Crippen LogP contribution in [0.25, 0.3) is 0 Å². The standard InChI is InChI=1S/C5H8FN/c1-4(2)5(7)3-6/h7H,1,3H2,2H3. The van der Waals surface area contributed by atoms with Crippen molar-refractivity contribution in [2.45, 2.75) is 6.92 Å². The molecular formula is C5H8FN. The van der Waals surface area contributed by atoms with Crippen LogP contribution in [0.2, 0.25) is 0 Å². The summed E-state index contributed by atoms with van der Waals surface area (Å²) in [7, 11) is 0. The molecule has 0 saturated carbocycles. The summed E-state index contributed by atoms with van der Waals surface area (Å²) >= 11 is 0. The quantitative estimate of drug-likeness (QED) is 0.510. The van der Waals surface area contributed by atoms with Gasteiger partial charge in [-0.2, -0.15) is 0 Å². The van der Waals surface area contributed by atoms with Crippen molar-refractivity contribution in [3.05, 3.63) is 12.2 Å². The molecule has 0 radical (unpaired) electrons. The lowest BCUT2D eigenvalue weighted by atomic mass is 10.2. The summed E-state index contributed by atoms with van der Waals surface area (Å²) in [6.45, 7) is 4.28. The Morgan fingerprint density at radius 1 is 1.86 bits per heavy atom. The van der Waals surface area contributed by atoms with E-state index in [0.29, 0.717) is 5.57 Å². The minimum absolute atomic E-state index is 0.0139. The highest BCUT2D eigenvalue weighted by Crippen LogP contribution is 1.88. The highest BCUT2D eigenvalue weighted by atomic mass is 19.1. The molecule has 0 aromatic carbocycles. The van der Waals surface area contributed by atoms with Crippen molar-refractivity contribution in [1.29, 1.82) is 5.41 Å². The Morgan fingerprint density at radius 2 is 2.29 bits per heavy atom. The summed E-state index contributed by atoms with van der Waals surface area (Å²) in [5, 5.41) is 6.72. The van der Waals surface area contributed by atoms with Gasteiger partial charge in [-0.25, -0.2) is 4.39 Å². The van der Waals surface area contributed by atoms with Gasteiger partial charge in [-0.1, -0.05) is 6.58 Å². The van der Waals surface area contributed by atoms with Crippen LogP contribution in [0.15, 0.2) is 12.2 Å². The third-order valence-electron chi connectivity index (χ3n) is 0.649. The molecule has 0 heterocycles. The zero-order chi connectivity index (χ0) is 5.86. The van der Waals surface area contributed by atoms with Crippen LogP contribution in [0, 0.1) is 5.41 Å². The van der Waals surface area contributed by atoms with Crippen LogP contribution >= 0.6 is 0 Å². The molecular weight excluding hydrogens is 93.1 g/mol. The molecule has 0 saturated heterocycles. The van der Waals surface area contributed by atoms with Crippen LogP contribution in [0.1, 0.15) is 6.92 Å². The minimum Gasteiger partial charge on any atom is -0.302 e. The second kappa shape index (κ2) is 2.50. The van der Waals surface area contributed by atoms with Crippen molar-refractivity contribution < 1.29 is 4.39 Å². The van der Waals surface area contributed by atoms with Gasteiger partial charge >= 0.3 is 0 Å². The van der Waals surface area contributed by atoms with Gasteiger partial charge in [-0.05, 0) is 12.5 Å². The summed E-state index contributed by atoms with van der Waals surface area (Å²) in [6, 6.07) is 0. The normalized spacial score (nSPS) is 8.29. The van der Waals surface area contributed by atoms with Gasteiger partial charge in [0.25, 0.3) is 0 Å². The lowest BCUT2D eigenvalue weighted by molar-refractivity contribution is 0.580. The molecule has 40 valence electrons. The summed E-state index contributed by atoms with van der Waals surface area (Å²) in [4.78, 5) is 0. The number of allylic oxidation sites excluding steroid dienone is 1. The van der Waals surface area contributed by atoms with Crippen LogP contribution in [0.4, 0.5) is 4.39 Å². The van der Waals surface area contributed by atoms with Gasteiger partial charge in [0, 0.05) is 0 Å². The smallest absolute Gasteiger partial charge is 0.131 e. The highest BCUT2D eigenvalue weighted by molar-refractivity contribution is 5.97. The molecule has 0 unspecified atom stereocenters. The molecule has 0 aliphatic heterocycles. The number of nitrogens with one attached hydrogen (secondary N) is 1. The topological polar surface area (TPSA) is 23.9 Å². The first-order valence-electron chi connectivity index (χ1n) is 1.97. The van der Waals surface area contributed by atoms with E-state index in [1.165, 1.54) is 0 Å². The SMILES string of the molecule is C=C(C)C(=N)CF. The molecule has 7 heavy (non-hydrogen) atoms. The summed E-state index contributed by atoms with van der Waals surface area (Å²) in [5.41, 5.74) is 0.488. The van der Waals surface area contributed by atoms with Gasteiger partial charge < -0.3 is 5.41 Å². The molecule has 2 heteroatoms. The van der Waals surface area contributed by atoms with Crippen LogP contribution in [0.3, 0.4) is 0 Å². The summed E-state index contributed by atoms with van der Waals surface area (Å²) < 4.78 is 11.4. The van der Waals surface area contributed by atoms with E-state index in [2.05, 4.69) is 6.58 Å². The largest absolute Gasteiger partial charge is 0.302 e. The van der Waals surface area contributed by atoms with Gasteiger partial charge in [-0.15, -0.1) is 0 Å². The number of alkyl halides is 1. The Kier molecular flexibility index (Phi) is 2.27. The number of rotatable bonds is 2. The zero-order valence-corrected chi connectivity index (χ0v) is 4.29. The van der Waals surface area contributed by atoms with Gasteiger partial charge in [-0.3, -0.25) is 0 Å². The van der Waals surface area contributed by atoms with Crippen LogP contribution in [-0.4, -0.2) is 12.4 Å². The fourth-order valence-electron chi connectivity index (χ4n) is 0.114. The van der Waals surface area contributed by atoms with E-state index in [4.69, 9.17) is 5.41 Å². The maximum atomic E-state index is 11.4. The van der Waals surface area contributed by atoms with Crippen LogP contribution in [-0.2, 0) is 0 Å². The second-order valence-electron chi connectivity index (χ2n) is 1.39. The Hall–Kier alpha value is -0.660. The first kappa shape index (κ1) is 6.34. The van der Waals surface area contributed by atoms with Crippen LogP contribution < -0.4 is 0 Å². The van der Waals surface area contributed by atoms with Crippen molar-refractivity contribution in [3.8, 4) is 0 Å². The Bertz CT molecular complexity index is 96.3. The fraction of sp³-hybridized carbons (Fsp3) is 0.400. The maximum Gasteiger partial charge on any atom is 0.131 e. The lowest BCUT2D eigenvalue weighted by Crippen LogP contribution is -1.97. The van der Waals surface area contributed by atoms with Crippen molar-refractivity contribution >= 4 is 5.71 Å². The maximum absolute atomic E-state index is 11.4. The Labute approximate surface area is 42.4 Å². The first-order valence-corrected chi connectivity index (χ1v) is 1.97. The zero-order valence-electron chi connectivity index (χ0n) is 4.29. The Morgan fingerprint density at radius 3 is 2.29 bits per heavy atom. The van der Waals surface area contributed by atoms with Crippen LogP contribution in [0.5, 0.6) is 0 Å². The minimum atomic E-state index is -0.699. The molecule has 0 atom stereocenters. The van der Waals surface area contributed by atoms with E-state index in [-0.39, 0.29) is 5.71 Å². The average Bonchev–Trinajstić information content (AvgIpc) is 1.65. The van der Waals surface area contributed by atoms with E-state index in [0.717, 1.165) is 0 Å². The van der Waals surface area contributed by atoms with Gasteiger partial charge in [0.15, 0.2) is 0 Å². The van der Waals surface area contributed by atoms with E-state index in [1.54, 1.807) is 6.92 Å². The van der Waals surface area contributed by atoms with Gasteiger partial charge in [0.2, 0.25) is 0 Å². The van der Waals surface area contributed by atoms with Crippen molar-refractivity contribution in [1.82, 2.24) is 0 Å². The lowest BCUT2D eigenvalue weighted by Gasteiger charge is -1.90. The monoisotopic (exact) mass is 101 g/mol. The number of hydrogen-bond donors (Lipinski definition) is 1. The van der Waals surface area contributed by atoms with E-state index < -0.39 is 6.67 Å². The molecule has 0 aliphatic carbocycles. The van der Waals surface area contributed by atoms with Crippen molar-refractivity contribution in [2.24, 2.45) is 0 Å². The predicted octanol–water partition coefficient (Wildman–Crippen LogP) is 1.55. The third kappa shape index (κ3) is 2.09. The van der Waals surface area contributed by atoms with Gasteiger partial charge in [0.05, 0.1) is 5.71 Å². The number of halogens is 1. The fourth-order valence-corrected chi connectivity index (χ4v) is 0.114. The highest BCUT2D eigenvalue weighted by Gasteiger charge is 1.91. The molecule has 0 aromatic heterocycles. The molecule has 0 bridgehead atoms. The van der Waals surface area contributed by atoms with E-state index in [9.17, 15) is 4.39 Å². The van der Waals surface area contributed by atoms with Crippen molar-refractivity contribution in [3.63, 3.8) is 0 Å². The average molecular weight is 101 g/mol. The summed E-state index contributed by atoms with van der Waals surface area (Å²) in [6.07, 6.45) is 0. The predicted molar refractivity (Wildman–Crippen MR) is 28.5 cm³/mol. The third-order valence-corrected chi connectivity index (χ3v) is 0.649. The molecule has 1 N–H and O–H groups in total. The molecule has 0 amide bonds. The number of hydrogen-bond acceptors (Lipinski definition) is 1.